The monoisotopic (exact) mass is 449 g/mol. The van der Waals surface area contributed by atoms with Crippen molar-refractivity contribution in [3.05, 3.63) is 18.0 Å². The highest BCUT2D eigenvalue weighted by Crippen LogP contribution is 2.30. The van der Waals surface area contributed by atoms with Crippen molar-refractivity contribution in [1.82, 2.24) is 29.0 Å². The van der Waals surface area contributed by atoms with Crippen LogP contribution in [0.15, 0.2) is 12.1 Å². The number of hydrogen-bond acceptors (Lipinski definition) is 8. The number of piperidine rings is 2. The lowest BCUT2D eigenvalue weighted by atomic mass is 9.91. The molecular weight excluding hydrogens is 418 g/mol. The maximum Gasteiger partial charge on any atom is 0.211 e. The maximum absolute atomic E-state index is 11.9. The van der Waals surface area contributed by atoms with Crippen LogP contribution in [-0.2, 0) is 10.0 Å². The van der Waals surface area contributed by atoms with Gasteiger partial charge in [-0.3, -0.25) is 0 Å². The Kier molecular flexibility index (Phi) is 5.40. The third-order valence-corrected chi connectivity index (χ3v) is 8.16. The van der Waals surface area contributed by atoms with Crippen molar-refractivity contribution in [1.29, 1.82) is 0 Å². The van der Waals surface area contributed by atoms with Crippen molar-refractivity contribution in [3.8, 4) is 0 Å². The molecule has 0 spiro atoms. The summed E-state index contributed by atoms with van der Waals surface area (Å²) in [6.45, 7) is 4.96. The Balaban J connectivity index is 1.23. The Morgan fingerprint density at radius 1 is 1.10 bits per heavy atom. The van der Waals surface area contributed by atoms with Crippen LogP contribution >= 0.6 is 0 Å². The average molecular weight is 450 g/mol. The number of likely N-dealkylation sites (tertiary alicyclic amines) is 1. The molecule has 1 unspecified atom stereocenters. The van der Waals surface area contributed by atoms with Gasteiger partial charge in [-0.25, -0.2) is 8.42 Å². The van der Waals surface area contributed by atoms with Crippen molar-refractivity contribution < 1.29 is 13.5 Å². The first-order chi connectivity index (χ1) is 14.8. The highest BCUT2D eigenvalue weighted by atomic mass is 32.2. The lowest BCUT2D eigenvalue weighted by Crippen LogP contribution is -2.56. The SMILES string of the molecule is CS(=O)(=O)N1CCCC(O)(CN2CCC(c3nnc4ccc(N5CCC5)nn34)CC2)C1. The normalized spacial score (nSPS) is 27.0. The van der Waals surface area contributed by atoms with E-state index in [1.54, 1.807) is 0 Å². The summed E-state index contributed by atoms with van der Waals surface area (Å²) >= 11 is 0. The maximum atomic E-state index is 11.9. The lowest BCUT2D eigenvalue weighted by Gasteiger charge is -2.42. The van der Waals surface area contributed by atoms with Crippen molar-refractivity contribution in [2.45, 2.75) is 43.6 Å². The van der Waals surface area contributed by atoms with E-state index in [2.05, 4.69) is 20.0 Å². The third kappa shape index (κ3) is 4.28. The lowest BCUT2D eigenvalue weighted by molar-refractivity contribution is -0.0389. The van der Waals surface area contributed by atoms with Crippen LogP contribution in [0.25, 0.3) is 5.65 Å². The number of fused-ring (bicyclic) bond motifs is 1. The van der Waals surface area contributed by atoms with Crippen LogP contribution in [0.4, 0.5) is 5.82 Å². The molecule has 2 aromatic rings. The summed E-state index contributed by atoms with van der Waals surface area (Å²) in [6, 6.07) is 4.00. The van der Waals surface area contributed by atoms with E-state index in [0.29, 0.717) is 25.9 Å². The second-order valence-corrected chi connectivity index (χ2v) is 11.3. The van der Waals surface area contributed by atoms with Crippen LogP contribution in [0, 0.1) is 0 Å². The molecule has 0 bridgehead atoms. The van der Waals surface area contributed by atoms with Crippen molar-refractivity contribution in [2.75, 3.05) is 57.0 Å². The molecule has 2 aromatic heterocycles. The van der Waals surface area contributed by atoms with Crippen molar-refractivity contribution in [2.24, 2.45) is 0 Å². The second kappa shape index (κ2) is 7.95. The quantitative estimate of drug-likeness (QED) is 0.695. The fraction of sp³-hybridized carbons (Fsp3) is 0.750. The van der Waals surface area contributed by atoms with Gasteiger partial charge in [0.2, 0.25) is 10.0 Å². The van der Waals surface area contributed by atoms with Crippen LogP contribution in [-0.4, -0.2) is 100 Å². The van der Waals surface area contributed by atoms with Crippen LogP contribution < -0.4 is 4.90 Å². The molecule has 1 atom stereocenters. The number of β-amino-alcohol motifs (C(OH)–C–C–N with tert-alkyl or cyclic N) is 1. The number of nitrogens with zero attached hydrogens (tertiary/aromatic N) is 7. The predicted molar refractivity (Wildman–Crippen MR) is 117 cm³/mol. The number of aliphatic hydroxyl groups is 1. The molecule has 10 nitrogen and oxygen atoms in total. The summed E-state index contributed by atoms with van der Waals surface area (Å²) in [5.74, 6) is 2.17. The number of rotatable bonds is 5. The Morgan fingerprint density at radius 2 is 1.87 bits per heavy atom. The smallest absolute Gasteiger partial charge is 0.211 e. The van der Waals surface area contributed by atoms with Crippen LogP contribution in [0.5, 0.6) is 0 Å². The Morgan fingerprint density at radius 3 is 2.55 bits per heavy atom. The van der Waals surface area contributed by atoms with Crippen LogP contribution in [0.2, 0.25) is 0 Å². The van der Waals surface area contributed by atoms with Gasteiger partial charge in [0.15, 0.2) is 11.5 Å². The second-order valence-electron chi connectivity index (χ2n) is 9.34. The highest BCUT2D eigenvalue weighted by molar-refractivity contribution is 7.88. The van der Waals surface area contributed by atoms with Gasteiger partial charge >= 0.3 is 0 Å². The fourth-order valence-electron chi connectivity index (χ4n) is 5.01. The number of anilines is 1. The minimum absolute atomic E-state index is 0.184. The Labute approximate surface area is 182 Å². The first-order valence-corrected chi connectivity index (χ1v) is 13.0. The van der Waals surface area contributed by atoms with Gasteiger partial charge in [-0.2, -0.15) is 8.82 Å². The van der Waals surface area contributed by atoms with Gasteiger partial charge in [0.25, 0.3) is 0 Å². The summed E-state index contributed by atoms with van der Waals surface area (Å²) in [5.41, 5.74) is -0.206. The van der Waals surface area contributed by atoms with E-state index < -0.39 is 15.6 Å². The number of aromatic nitrogens is 4. The average Bonchev–Trinajstić information content (AvgIpc) is 3.10. The molecule has 5 rings (SSSR count). The van der Waals surface area contributed by atoms with E-state index in [9.17, 15) is 13.5 Å². The molecule has 5 heterocycles. The topological polar surface area (TPSA) is 107 Å². The Bertz CT molecular complexity index is 1050. The molecule has 1 N–H and O–H groups in total. The van der Waals surface area contributed by atoms with Gasteiger partial charge in [0.1, 0.15) is 5.82 Å². The molecule has 0 saturated carbocycles. The minimum Gasteiger partial charge on any atom is -0.387 e. The molecule has 3 fully saturated rings. The van der Waals surface area contributed by atoms with Gasteiger partial charge in [0.05, 0.1) is 11.9 Å². The third-order valence-electron chi connectivity index (χ3n) is 6.91. The first-order valence-electron chi connectivity index (χ1n) is 11.2. The van der Waals surface area contributed by atoms with Gasteiger partial charge in [-0.1, -0.05) is 0 Å². The van der Waals surface area contributed by atoms with Gasteiger partial charge in [-0.15, -0.1) is 15.3 Å². The Hall–Kier alpha value is -1.82. The van der Waals surface area contributed by atoms with E-state index in [-0.39, 0.29) is 12.5 Å². The van der Waals surface area contributed by atoms with E-state index in [1.165, 1.54) is 17.0 Å². The zero-order chi connectivity index (χ0) is 21.6. The van der Waals surface area contributed by atoms with Gasteiger partial charge in [-0.05, 0) is 57.3 Å². The molecule has 11 heteroatoms. The first kappa shape index (κ1) is 21.0. The molecule has 0 amide bonds. The molecule has 0 aliphatic carbocycles. The molecule has 170 valence electrons. The van der Waals surface area contributed by atoms with E-state index >= 15 is 0 Å². The number of sulfonamides is 1. The van der Waals surface area contributed by atoms with Crippen molar-refractivity contribution in [3.63, 3.8) is 0 Å². The molecule has 3 saturated heterocycles. The minimum atomic E-state index is -3.28. The summed E-state index contributed by atoms with van der Waals surface area (Å²) < 4.78 is 27.1. The number of hydrogen-bond donors (Lipinski definition) is 1. The molecule has 0 radical (unpaired) electrons. The largest absolute Gasteiger partial charge is 0.387 e. The zero-order valence-corrected chi connectivity index (χ0v) is 18.8. The highest BCUT2D eigenvalue weighted by Gasteiger charge is 2.39. The predicted octanol–water partition coefficient (Wildman–Crippen LogP) is 0.300. The molecule has 0 aromatic carbocycles. The summed E-state index contributed by atoms with van der Waals surface area (Å²) in [7, 11) is -3.28. The molecular formula is C20H31N7O3S. The van der Waals surface area contributed by atoms with Gasteiger partial charge < -0.3 is 14.9 Å². The van der Waals surface area contributed by atoms with E-state index in [4.69, 9.17) is 5.10 Å². The molecule has 3 aliphatic rings. The molecule has 3 aliphatic heterocycles. The standard InChI is InChI=1S/C20H31N7O3S/c1-31(29,30)26-11-2-8-20(28,15-26)14-24-12-6-16(7-13-24)19-22-21-17-4-5-18(23-27(17)19)25-9-3-10-25/h4-5,16,28H,2-3,6-15H2,1H3. The summed E-state index contributed by atoms with van der Waals surface area (Å²) in [6.07, 6.45) is 5.59. The van der Waals surface area contributed by atoms with E-state index in [1.807, 2.05) is 16.6 Å². The zero-order valence-electron chi connectivity index (χ0n) is 18.0. The van der Waals surface area contributed by atoms with E-state index in [0.717, 1.165) is 56.3 Å². The van der Waals surface area contributed by atoms with Crippen molar-refractivity contribution >= 4 is 21.5 Å². The molecule has 31 heavy (non-hydrogen) atoms. The van der Waals surface area contributed by atoms with Gasteiger partial charge in [0, 0.05) is 38.6 Å². The van der Waals surface area contributed by atoms with Crippen LogP contribution in [0.1, 0.15) is 43.8 Å². The summed E-state index contributed by atoms with van der Waals surface area (Å²) in [5, 5.41) is 24.6. The summed E-state index contributed by atoms with van der Waals surface area (Å²) in [4.78, 5) is 4.51. The fourth-order valence-corrected chi connectivity index (χ4v) is 5.95. The van der Waals surface area contributed by atoms with Crippen LogP contribution in [0.3, 0.4) is 0 Å².